The standard InChI is InChI=1S/C20H31N3O2/c1-13(2)20(25)22-17-6-5-14(3)18(12-17)23-19(24)11-15(4)16-7-9-21-10-8-16/h5-6,12-13,15-16,21H,7-11H2,1-4H3,(H,22,25)(H,23,24). The van der Waals surface area contributed by atoms with Crippen LogP contribution in [0.4, 0.5) is 11.4 Å². The molecule has 5 nitrogen and oxygen atoms in total. The van der Waals surface area contributed by atoms with E-state index < -0.39 is 0 Å². The normalized spacial score (nSPS) is 16.5. The highest BCUT2D eigenvalue weighted by atomic mass is 16.2. The minimum absolute atomic E-state index is 0.0272. The van der Waals surface area contributed by atoms with Gasteiger partial charge < -0.3 is 16.0 Å². The molecule has 0 saturated carbocycles. The second-order valence-corrected chi connectivity index (χ2v) is 7.49. The number of benzene rings is 1. The van der Waals surface area contributed by atoms with Gasteiger partial charge >= 0.3 is 0 Å². The fourth-order valence-corrected chi connectivity index (χ4v) is 3.19. The minimum atomic E-state index is -0.0785. The van der Waals surface area contributed by atoms with Gasteiger partial charge in [0.05, 0.1) is 0 Å². The Bertz CT molecular complexity index is 607. The molecule has 2 amide bonds. The number of rotatable bonds is 6. The number of carbonyl (C=O) groups excluding carboxylic acids is 2. The van der Waals surface area contributed by atoms with Crippen molar-refractivity contribution in [2.75, 3.05) is 23.7 Å². The van der Waals surface area contributed by atoms with Crippen molar-refractivity contribution in [2.45, 2.75) is 47.0 Å². The van der Waals surface area contributed by atoms with E-state index in [1.54, 1.807) is 0 Å². The number of hydrogen-bond acceptors (Lipinski definition) is 3. The molecule has 1 aromatic rings. The highest BCUT2D eigenvalue weighted by molar-refractivity contribution is 5.95. The molecule has 25 heavy (non-hydrogen) atoms. The predicted octanol–water partition coefficient (Wildman–Crippen LogP) is 3.55. The van der Waals surface area contributed by atoms with Gasteiger partial charge in [0.15, 0.2) is 0 Å². The van der Waals surface area contributed by atoms with Crippen LogP contribution in [0, 0.1) is 24.7 Å². The molecule has 5 heteroatoms. The molecule has 0 aliphatic carbocycles. The zero-order valence-corrected chi connectivity index (χ0v) is 15.8. The van der Waals surface area contributed by atoms with Crippen LogP contribution in [0.25, 0.3) is 0 Å². The quantitative estimate of drug-likeness (QED) is 0.738. The van der Waals surface area contributed by atoms with E-state index in [1.807, 2.05) is 39.0 Å². The van der Waals surface area contributed by atoms with E-state index in [0.717, 1.165) is 37.2 Å². The smallest absolute Gasteiger partial charge is 0.226 e. The van der Waals surface area contributed by atoms with E-state index in [9.17, 15) is 9.59 Å². The Morgan fingerprint density at radius 3 is 2.48 bits per heavy atom. The molecular formula is C20H31N3O2. The Balaban J connectivity index is 1.96. The van der Waals surface area contributed by atoms with Crippen molar-refractivity contribution in [3.8, 4) is 0 Å². The maximum atomic E-state index is 12.4. The molecule has 1 atom stereocenters. The van der Waals surface area contributed by atoms with Crippen molar-refractivity contribution in [2.24, 2.45) is 17.8 Å². The minimum Gasteiger partial charge on any atom is -0.326 e. The molecule has 0 radical (unpaired) electrons. The topological polar surface area (TPSA) is 70.2 Å². The molecule has 1 heterocycles. The summed E-state index contributed by atoms with van der Waals surface area (Å²) in [5, 5.41) is 9.26. The number of anilines is 2. The van der Waals surface area contributed by atoms with Gasteiger partial charge in [0.25, 0.3) is 0 Å². The van der Waals surface area contributed by atoms with Gasteiger partial charge in [-0.05, 0) is 62.4 Å². The SMILES string of the molecule is Cc1ccc(NC(=O)C(C)C)cc1NC(=O)CC(C)C1CCNCC1. The van der Waals surface area contributed by atoms with Crippen molar-refractivity contribution in [1.82, 2.24) is 5.32 Å². The number of nitrogens with one attached hydrogen (secondary N) is 3. The van der Waals surface area contributed by atoms with E-state index in [0.29, 0.717) is 23.9 Å². The first-order chi connectivity index (χ1) is 11.9. The first kappa shape index (κ1) is 19.4. The highest BCUT2D eigenvalue weighted by Crippen LogP contribution is 2.26. The van der Waals surface area contributed by atoms with E-state index in [2.05, 4.69) is 22.9 Å². The first-order valence-electron chi connectivity index (χ1n) is 9.29. The lowest BCUT2D eigenvalue weighted by Gasteiger charge is -2.28. The largest absolute Gasteiger partial charge is 0.326 e. The lowest BCUT2D eigenvalue weighted by molar-refractivity contribution is -0.119. The summed E-state index contributed by atoms with van der Waals surface area (Å²) in [4.78, 5) is 24.3. The summed E-state index contributed by atoms with van der Waals surface area (Å²) < 4.78 is 0. The Hall–Kier alpha value is -1.88. The van der Waals surface area contributed by atoms with Gasteiger partial charge in [-0.15, -0.1) is 0 Å². The summed E-state index contributed by atoms with van der Waals surface area (Å²) in [5.41, 5.74) is 2.47. The van der Waals surface area contributed by atoms with Gasteiger partial charge in [0, 0.05) is 23.7 Å². The Morgan fingerprint density at radius 2 is 1.84 bits per heavy atom. The van der Waals surface area contributed by atoms with E-state index in [4.69, 9.17) is 0 Å². The number of carbonyl (C=O) groups is 2. The fourth-order valence-electron chi connectivity index (χ4n) is 3.19. The lowest BCUT2D eigenvalue weighted by Crippen LogP contribution is -2.32. The third-order valence-electron chi connectivity index (χ3n) is 5.00. The van der Waals surface area contributed by atoms with E-state index >= 15 is 0 Å². The maximum absolute atomic E-state index is 12.4. The van der Waals surface area contributed by atoms with Crippen LogP contribution < -0.4 is 16.0 Å². The molecule has 1 aromatic carbocycles. The van der Waals surface area contributed by atoms with Crippen molar-refractivity contribution in [1.29, 1.82) is 0 Å². The molecule has 1 aliphatic heterocycles. The van der Waals surface area contributed by atoms with Crippen molar-refractivity contribution in [3.63, 3.8) is 0 Å². The van der Waals surface area contributed by atoms with Crippen LogP contribution in [0.15, 0.2) is 18.2 Å². The zero-order valence-electron chi connectivity index (χ0n) is 15.8. The highest BCUT2D eigenvalue weighted by Gasteiger charge is 2.22. The van der Waals surface area contributed by atoms with Crippen LogP contribution in [0.2, 0.25) is 0 Å². The number of hydrogen-bond donors (Lipinski definition) is 3. The zero-order chi connectivity index (χ0) is 18.4. The summed E-state index contributed by atoms with van der Waals surface area (Å²) >= 11 is 0. The van der Waals surface area contributed by atoms with Gasteiger partial charge in [0.2, 0.25) is 11.8 Å². The number of aryl methyl sites for hydroxylation is 1. The molecular weight excluding hydrogens is 314 g/mol. The van der Waals surface area contributed by atoms with E-state index in [-0.39, 0.29) is 17.7 Å². The number of amides is 2. The second-order valence-electron chi connectivity index (χ2n) is 7.49. The molecule has 0 aromatic heterocycles. The summed E-state index contributed by atoms with van der Waals surface area (Å²) in [7, 11) is 0. The molecule has 1 fully saturated rings. The first-order valence-corrected chi connectivity index (χ1v) is 9.29. The summed E-state index contributed by atoms with van der Waals surface area (Å²) in [5.74, 6) is 0.934. The third kappa shape index (κ3) is 5.85. The van der Waals surface area contributed by atoms with Gasteiger partial charge in [0.1, 0.15) is 0 Å². The van der Waals surface area contributed by atoms with Crippen LogP contribution >= 0.6 is 0 Å². The van der Waals surface area contributed by atoms with Gasteiger partial charge in [-0.1, -0.05) is 26.8 Å². The average molecular weight is 345 g/mol. The number of piperidine rings is 1. The van der Waals surface area contributed by atoms with Crippen molar-refractivity contribution >= 4 is 23.2 Å². The van der Waals surface area contributed by atoms with Crippen LogP contribution in [0.3, 0.4) is 0 Å². The second kappa shape index (κ2) is 8.99. The molecule has 1 unspecified atom stereocenters. The molecule has 0 spiro atoms. The third-order valence-corrected chi connectivity index (χ3v) is 5.00. The van der Waals surface area contributed by atoms with Gasteiger partial charge in [-0.25, -0.2) is 0 Å². The molecule has 3 N–H and O–H groups in total. The van der Waals surface area contributed by atoms with Crippen LogP contribution in [0.1, 0.15) is 45.6 Å². The molecule has 2 rings (SSSR count). The fraction of sp³-hybridized carbons (Fsp3) is 0.600. The average Bonchev–Trinajstić information content (AvgIpc) is 2.58. The molecule has 1 saturated heterocycles. The van der Waals surface area contributed by atoms with Crippen molar-refractivity contribution in [3.05, 3.63) is 23.8 Å². The van der Waals surface area contributed by atoms with Gasteiger partial charge in [-0.3, -0.25) is 9.59 Å². The summed E-state index contributed by atoms with van der Waals surface area (Å²) in [6, 6.07) is 5.62. The van der Waals surface area contributed by atoms with Crippen molar-refractivity contribution < 1.29 is 9.59 Å². The predicted molar refractivity (Wildman–Crippen MR) is 103 cm³/mol. The van der Waals surface area contributed by atoms with Crippen LogP contribution in [-0.4, -0.2) is 24.9 Å². The Labute approximate surface area is 151 Å². The van der Waals surface area contributed by atoms with Crippen LogP contribution in [0.5, 0.6) is 0 Å². The Morgan fingerprint density at radius 1 is 1.16 bits per heavy atom. The monoisotopic (exact) mass is 345 g/mol. The summed E-state index contributed by atoms with van der Waals surface area (Å²) in [6.07, 6.45) is 2.82. The van der Waals surface area contributed by atoms with Crippen LogP contribution in [-0.2, 0) is 9.59 Å². The molecule has 138 valence electrons. The summed E-state index contributed by atoms with van der Waals surface area (Å²) in [6.45, 7) is 9.94. The molecule has 1 aliphatic rings. The van der Waals surface area contributed by atoms with E-state index in [1.165, 1.54) is 0 Å². The Kier molecular flexibility index (Phi) is 7.00. The van der Waals surface area contributed by atoms with Gasteiger partial charge in [-0.2, -0.15) is 0 Å². The maximum Gasteiger partial charge on any atom is 0.226 e. The lowest BCUT2D eigenvalue weighted by atomic mass is 9.84. The molecule has 0 bridgehead atoms.